The van der Waals surface area contributed by atoms with Crippen LogP contribution in [0.3, 0.4) is 0 Å². The average molecular weight is 305 g/mol. The van der Waals surface area contributed by atoms with Gasteiger partial charge in [-0.3, -0.25) is 0 Å². The minimum absolute atomic E-state index is 0. The quantitative estimate of drug-likeness (QED) is 0.802. The summed E-state index contributed by atoms with van der Waals surface area (Å²) in [5.41, 5.74) is 2.21. The van der Waals surface area contributed by atoms with Gasteiger partial charge in [0.05, 0.1) is 10.7 Å². The summed E-state index contributed by atoms with van der Waals surface area (Å²) in [5, 5.41) is 18.7. The Morgan fingerprint density at radius 2 is 2.43 bits per heavy atom. The fourth-order valence-electron chi connectivity index (χ4n) is 2.02. The number of nitrogens with one attached hydrogen (secondary N) is 2. The molecule has 1 unspecified atom stereocenters. The Labute approximate surface area is 132 Å². The standard InChI is InChI=1S/C15H19N5S.2H2/c1-4-5-10(2)19-15-17-7-6-13(20-15)12(8-16)14-18-11(3)9-21-14;;/h6-7,9-10,18H,4-5H2,1-3H3,(H,17,19,20);2*1H/b14-12-;;. The number of hydrogen-bond donors (Lipinski definition) is 2. The maximum atomic E-state index is 9.42. The predicted molar refractivity (Wildman–Crippen MR) is 91.3 cm³/mol. The van der Waals surface area contributed by atoms with Crippen LogP contribution in [0.25, 0.3) is 5.57 Å². The van der Waals surface area contributed by atoms with E-state index < -0.39 is 0 Å². The van der Waals surface area contributed by atoms with Crippen LogP contribution in [0, 0.1) is 11.3 Å². The van der Waals surface area contributed by atoms with Crippen molar-refractivity contribution >= 4 is 23.3 Å². The molecule has 6 heteroatoms. The van der Waals surface area contributed by atoms with Crippen LogP contribution in [0.5, 0.6) is 0 Å². The molecule has 0 fully saturated rings. The topological polar surface area (TPSA) is 73.6 Å². The van der Waals surface area contributed by atoms with E-state index in [-0.39, 0.29) is 2.85 Å². The van der Waals surface area contributed by atoms with E-state index in [4.69, 9.17) is 0 Å². The predicted octanol–water partition coefficient (Wildman–Crippen LogP) is 3.96. The first-order valence-corrected chi connectivity index (χ1v) is 7.86. The fraction of sp³-hybridized carbons (Fsp3) is 0.400. The highest BCUT2D eigenvalue weighted by molar-refractivity contribution is 8.06. The Hall–Kier alpha value is -2.00. The zero-order valence-corrected chi connectivity index (χ0v) is 13.3. The number of thioether (sulfide) groups is 1. The van der Waals surface area contributed by atoms with E-state index in [1.54, 1.807) is 12.3 Å². The third kappa shape index (κ3) is 3.99. The molecule has 1 atom stereocenters. The molecule has 2 rings (SSSR count). The first-order valence-electron chi connectivity index (χ1n) is 6.98. The lowest BCUT2D eigenvalue weighted by atomic mass is 10.2. The summed E-state index contributed by atoms with van der Waals surface area (Å²) in [7, 11) is 0. The molecule has 1 aliphatic rings. The van der Waals surface area contributed by atoms with Crippen molar-refractivity contribution in [2.75, 3.05) is 5.32 Å². The molecule has 1 aromatic rings. The molecule has 2 heterocycles. The molecular weight excluding hydrogens is 282 g/mol. The molecule has 2 N–H and O–H groups in total. The van der Waals surface area contributed by atoms with Crippen LogP contribution in [0.4, 0.5) is 5.95 Å². The molecular formula is C15H23N5S. The summed E-state index contributed by atoms with van der Waals surface area (Å²) >= 11 is 1.51. The van der Waals surface area contributed by atoms with Gasteiger partial charge >= 0.3 is 0 Å². The van der Waals surface area contributed by atoms with Gasteiger partial charge < -0.3 is 10.6 Å². The van der Waals surface area contributed by atoms with Gasteiger partial charge in [0.15, 0.2) is 0 Å². The normalized spacial score (nSPS) is 17.5. The summed E-state index contributed by atoms with van der Waals surface area (Å²) in [6.07, 6.45) is 3.84. The lowest BCUT2D eigenvalue weighted by Crippen LogP contribution is -2.17. The molecule has 0 aliphatic carbocycles. The molecule has 0 aromatic carbocycles. The molecule has 0 amide bonds. The highest BCUT2D eigenvalue weighted by Crippen LogP contribution is 2.30. The number of anilines is 1. The highest BCUT2D eigenvalue weighted by Gasteiger charge is 2.16. The van der Waals surface area contributed by atoms with E-state index in [2.05, 4.69) is 40.5 Å². The minimum atomic E-state index is 0. The van der Waals surface area contributed by atoms with Crippen LogP contribution in [-0.2, 0) is 0 Å². The van der Waals surface area contributed by atoms with Gasteiger partial charge in [-0.2, -0.15) is 5.26 Å². The van der Waals surface area contributed by atoms with E-state index in [1.165, 1.54) is 11.8 Å². The smallest absolute Gasteiger partial charge is 0.223 e. The van der Waals surface area contributed by atoms with Crippen molar-refractivity contribution in [3.8, 4) is 6.07 Å². The molecule has 0 saturated heterocycles. The third-order valence-corrected chi connectivity index (χ3v) is 4.03. The van der Waals surface area contributed by atoms with Gasteiger partial charge in [-0.1, -0.05) is 25.1 Å². The minimum Gasteiger partial charge on any atom is -0.352 e. The number of hydrogen-bond acceptors (Lipinski definition) is 6. The first-order chi connectivity index (χ1) is 10.1. The van der Waals surface area contributed by atoms with Crippen LogP contribution in [0.2, 0.25) is 0 Å². The van der Waals surface area contributed by atoms with E-state index >= 15 is 0 Å². The molecule has 1 aliphatic heterocycles. The number of aromatic nitrogens is 2. The molecule has 21 heavy (non-hydrogen) atoms. The largest absolute Gasteiger partial charge is 0.352 e. The Balaban J connectivity index is 0.00000242. The van der Waals surface area contributed by atoms with Gasteiger partial charge in [0.2, 0.25) is 5.95 Å². The van der Waals surface area contributed by atoms with Crippen molar-refractivity contribution in [3.05, 3.63) is 34.1 Å². The fourth-order valence-corrected chi connectivity index (χ4v) is 2.87. The summed E-state index contributed by atoms with van der Waals surface area (Å²) in [6, 6.07) is 4.30. The van der Waals surface area contributed by atoms with E-state index in [1.807, 2.05) is 12.3 Å². The number of nitrogens with zero attached hydrogens (tertiary/aromatic N) is 3. The second kappa shape index (κ2) is 7.14. The van der Waals surface area contributed by atoms with Crippen LogP contribution in [0.1, 0.15) is 42.2 Å². The summed E-state index contributed by atoms with van der Waals surface area (Å²) in [6.45, 7) is 6.21. The van der Waals surface area contributed by atoms with Crippen LogP contribution in [0.15, 0.2) is 28.4 Å². The molecule has 0 spiro atoms. The maximum absolute atomic E-state index is 9.42. The van der Waals surface area contributed by atoms with E-state index in [0.717, 1.165) is 23.6 Å². The molecule has 0 bridgehead atoms. The molecule has 0 saturated carbocycles. The van der Waals surface area contributed by atoms with Crippen LogP contribution < -0.4 is 10.6 Å². The van der Waals surface area contributed by atoms with Gasteiger partial charge in [-0.15, -0.1) is 0 Å². The Bertz CT molecular complexity index is 625. The molecule has 114 valence electrons. The zero-order valence-electron chi connectivity index (χ0n) is 12.5. The van der Waals surface area contributed by atoms with Crippen molar-refractivity contribution in [1.29, 1.82) is 5.26 Å². The maximum Gasteiger partial charge on any atom is 0.223 e. The van der Waals surface area contributed by atoms with Crippen molar-refractivity contribution in [1.82, 2.24) is 15.3 Å². The monoisotopic (exact) mass is 305 g/mol. The highest BCUT2D eigenvalue weighted by atomic mass is 32.2. The van der Waals surface area contributed by atoms with Gasteiger partial charge in [-0.25, -0.2) is 9.97 Å². The summed E-state index contributed by atoms with van der Waals surface area (Å²) in [4.78, 5) is 8.68. The van der Waals surface area contributed by atoms with Crippen molar-refractivity contribution in [3.63, 3.8) is 0 Å². The van der Waals surface area contributed by atoms with Gasteiger partial charge in [0, 0.05) is 20.8 Å². The summed E-state index contributed by atoms with van der Waals surface area (Å²) < 4.78 is 0. The molecule has 0 radical (unpaired) electrons. The average Bonchev–Trinajstić information content (AvgIpc) is 2.87. The van der Waals surface area contributed by atoms with Gasteiger partial charge in [0.25, 0.3) is 0 Å². The molecule has 1 aromatic heterocycles. The van der Waals surface area contributed by atoms with Crippen LogP contribution >= 0.6 is 11.8 Å². The summed E-state index contributed by atoms with van der Waals surface area (Å²) in [5.74, 6) is 0.564. The Morgan fingerprint density at radius 1 is 1.62 bits per heavy atom. The van der Waals surface area contributed by atoms with Crippen molar-refractivity contribution < 1.29 is 2.85 Å². The Kier molecular flexibility index (Phi) is 5.23. The first kappa shape index (κ1) is 15.4. The van der Waals surface area contributed by atoms with Crippen molar-refractivity contribution in [2.24, 2.45) is 0 Å². The van der Waals surface area contributed by atoms with Crippen LogP contribution in [-0.4, -0.2) is 16.0 Å². The van der Waals surface area contributed by atoms with Gasteiger partial charge in [-0.05, 0) is 31.7 Å². The second-order valence-corrected chi connectivity index (χ2v) is 5.84. The van der Waals surface area contributed by atoms with E-state index in [0.29, 0.717) is 23.3 Å². The van der Waals surface area contributed by atoms with E-state index in [9.17, 15) is 5.26 Å². The zero-order chi connectivity index (χ0) is 15.2. The SMILES string of the molecule is CCCC(C)Nc1nccc(/C(C#N)=C2/NC(C)=CS2)n1.[HH].[HH]. The van der Waals surface area contributed by atoms with Gasteiger partial charge in [0.1, 0.15) is 11.6 Å². The Morgan fingerprint density at radius 3 is 3.05 bits per heavy atom. The number of rotatable bonds is 5. The lowest BCUT2D eigenvalue weighted by Gasteiger charge is -2.13. The second-order valence-electron chi connectivity index (χ2n) is 4.96. The number of nitriles is 1. The lowest BCUT2D eigenvalue weighted by molar-refractivity contribution is 0.683. The molecule has 5 nitrogen and oxygen atoms in total. The van der Waals surface area contributed by atoms with Crippen molar-refractivity contribution in [2.45, 2.75) is 39.7 Å². The number of allylic oxidation sites excluding steroid dienone is 2. The third-order valence-electron chi connectivity index (χ3n) is 3.01.